The van der Waals surface area contributed by atoms with Gasteiger partial charge in [0.1, 0.15) is 0 Å². The molecule has 0 spiro atoms. The molecule has 1 fully saturated rings. The van der Waals surface area contributed by atoms with Gasteiger partial charge in [0, 0.05) is 45.0 Å². The number of rotatable bonds is 7. The third-order valence-corrected chi connectivity index (χ3v) is 4.53. The van der Waals surface area contributed by atoms with Crippen LogP contribution in [0, 0.1) is 0 Å². The number of hydrogen-bond acceptors (Lipinski definition) is 3. The molecule has 1 aromatic heterocycles. The van der Waals surface area contributed by atoms with E-state index in [0.717, 1.165) is 37.6 Å². The molecule has 2 aromatic rings. The van der Waals surface area contributed by atoms with E-state index >= 15 is 0 Å². The molecule has 1 saturated heterocycles. The average Bonchev–Trinajstić information content (AvgIpc) is 3.25. The van der Waals surface area contributed by atoms with E-state index in [2.05, 4.69) is 20.7 Å². The van der Waals surface area contributed by atoms with Crippen LogP contribution in [-0.2, 0) is 18.3 Å². The number of nitrogens with one attached hydrogen (secondary N) is 2. The van der Waals surface area contributed by atoms with Crippen LogP contribution in [0.3, 0.4) is 0 Å². The van der Waals surface area contributed by atoms with Crippen LogP contribution < -0.4 is 15.5 Å². The van der Waals surface area contributed by atoms with E-state index in [4.69, 9.17) is 0 Å². The smallest absolute Gasteiger partial charge is 0.229 e. The van der Waals surface area contributed by atoms with Gasteiger partial charge in [0.15, 0.2) is 5.96 Å². The van der Waals surface area contributed by atoms with Gasteiger partial charge in [-0.2, -0.15) is 5.10 Å². The number of guanidine groups is 1. The average molecular weight is 496 g/mol. The zero-order valence-corrected chi connectivity index (χ0v) is 18.8. The highest BCUT2D eigenvalue weighted by molar-refractivity contribution is 14.0. The van der Waals surface area contributed by atoms with Crippen LogP contribution in [0.2, 0.25) is 0 Å². The van der Waals surface area contributed by atoms with Crippen molar-refractivity contribution in [3.05, 3.63) is 48.3 Å². The standard InChI is InChI=1S/C20H28N6O.HI/c1-3-21-20(22-11-7-8-16-13-23-25(2)14-16)24-17-12-19(27)26(15-17)18-9-5-4-6-10-18;/h4-6,9-10,13-14,17H,3,7-8,11-12,15H2,1-2H3,(H2,21,22,24);1H. The zero-order chi connectivity index (χ0) is 19.1. The van der Waals surface area contributed by atoms with E-state index < -0.39 is 0 Å². The van der Waals surface area contributed by atoms with Crippen molar-refractivity contribution in [3.8, 4) is 0 Å². The Hall–Kier alpha value is -2.10. The number of aryl methyl sites for hydroxylation is 2. The number of hydrogen-bond donors (Lipinski definition) is 2. The number of anilines is 1. The molecule has 2 heterocycles. The maximum absolute atomic E-state index is 12.4. The predicted molar refractivity (Wildman–Crippen MR) is 123 cm³/mol. The van der Waals surface area contributed by atoms with Gasteiger partial charge >= 0.3 is 0 Å². The lowest BCUT2D eigenvalue weighted by atomic mass is 10.2. The summed E-state index contributed by atoms with van der Waals surface area (Å²) in [7, 11) is 1.93. The Balaban J connectivity index is 0.00000280. The lowest BCUT2D eigenvalue weighted by Gasteiger charge is -2.19. The lowest BCUT2D eigenvalue weighted by Crippen LogP contribution is -2.44. The Kier molecular flexibility index (Phi) is 8.75. The fourth-order valence-corrected chi connectivity index (χ4v) is 3.25. The van der Waals surface area contributed by atoms with E-state index in [0.29, 0.717) is 13.0 Å². The Morgan fingerprint density at radius 3 is 2.79 bits per heavy atom. The van der Waals surface area contributed by atoms with Gasteiger partial charge in [0.2, 0.25) is 5.91 Å². The van der Waals surface area contributed by atoms with Gasteiger partial charge in [-0.05, 0) is 37.5 Å². The lowest BCUT2D eigenvalue weighted by molar-refractivity contribution is -0.117. The van der Waals surface area contributed by atoms with E-state index in [-0.39, 0.29) is 35.9 Å². The highest BCUT2D eigenvalue weighted by Gasteiger charge is 2.30. The maximum Gasteiger partial charge on any atom is 0.229 e. The summed E-state index contributed by atoms with van der Waals surface area (Å²) < 4.78 is 1.82. The van der Waals surface area contributed by atoms with Gasteiger partial charge in [-0.15, -0.1) is 24.0 Å². The van der Waals surface area contributed by atoms with Gasteiger partial charge < -0.3 is 15.5 Å². The first kappa shape index (κ1) is 22.2. The Morgan fingerprint density at radius 1 is 1.32 bits per heavy atom. The second kappa shape index (κ2) is 11.0. The number of benzene rings is 1. The molecule has 2 N–H and O–H groups in total. The van der Waals surface area contributed by atoms with Crippen molar-refractivity contribution in [3.63, 3.8) is 0 Å². The first-order valence-electron chi connectivity index (χ1n) is 9.53. The SMILES string of the molecule is CCNC(=NCCCc1cnn(C)c1)NC1CC(=O)N(c2ccccc2)C1.I. The summed E-state index contributed by atoms with van der Waals surface area (Å²) in [5, 5.41) is 10.9. The molecule has 1 aliphatic heterocycles. The number of aliphatic imine (C=N–C) groups is 1. The fourth-order valence-electron chi connectivity index (χ4n) is 3.25. The van der Waals surface area contributed by atoms with Gasteiger partial charge in [0.25, 0.3) is 0 Å². The van der Waals surface area contributed by atoms with Gasteiger partial charge in [0.05, 0.1) is 12.2 Å². The van der Waals surface area contributed by atoms with Gasteiger partial charge in [-0.25, -0.2) is 0 Å². The quantitative estimate of drug-likeness (QED) is 0.267. The van der Waals surface area contributed by atoms with Crippen LogP contribution in [0.5, 0.6) is 0 Å². The summed E-state index contributed by atoms with van der Waals surface area (Å²) in [6, 6.07) is 9.87. The minimum absolute atomic E-state index is 0. The minimum atomic E-state index is 0. The van der Waals surface area contributed by atoms with Gasteiger partial charge in [-0.3, -0.25) is 14.5 Å². The molecule has 1 aliphatic rings. The molecule has 1 unspecified atom stereocenters. The number of carbonyl (C=O) groups is 1. The topological polar surface area (TPSA) is 74.5 Å². The molecular weight excluding hydrogens is 467 g/mol. The van der Waals surface area contributed by atoms with Crippen LogP contribution in [-0.4, -0.2) is 47.3 Å². The summed E-state index contributed by atoms with van der Waals surface area (Å²) >= 11 is 0. The van der Waals surface area contributed by atoms with E-state index in [9.17, 15) is 4.79 Å². The molecule has 28 heavy (non-hydrogen) atoms. The minimum Gasteiger partial charge on any atom is -0.357 e. The van der Waals surface area contributed by atoms with Crippen molar-refractivity contribution < 1.29 is 4.79 Å². The van der Waals surface area contributed by atoms with Crippen molar-refractivity contribution in [1.29, 1.82) is 0 Å². The third kappa shape index (κ3) is 6.22. The summed E-state index contributed by atoms with van der Waals surface area (Å²) in [6.45, 7) is 4.22. The number of aromatic nitrogens is 2. The normalized spacial score (nSPS) is 16.8. The van der Waals surface area contributed by atoms with E-state index in [1.807, 2.05) is 66.3 Å². The molecule has 0 radical (unpaired) electrons. The molecule has 8 heteroatoms. The number of amides is 1. The van der Waals surface area contributed by atoms with Crippen molar-refractivity contribution in [2.75, 3.05) is 24.5 Å². The molecule has 3 rings (SSSR count). The summed E-state index contributed by atoms with van der Waals surface area (Å²) in [6.07, 6.45) is 6.34. The summed E-state index contributed by atoms with van der Waals surface area (Å²) in [5.74, 6) is 0.919. The molecule has 1 aromatic carbocycles. The van der Waals surface area contributed by atoms with Crippen LogP contribution in [0.4, 0.5) is 5.69 Å². The van der Waals surface area contributed by atoms with Crippen molar-refractivity contribution in [2.24, 2.45) is 12.0 Å². The Bertz CT molecular complexity index is 776. The third-order valence-electron chi connectivity index (χ3n) is 4.53. The van der Waals surface area contributed by atoms with Crippen molar-refractivity contribution in [2.45, 2.75) is 32.2 Å². The Labute approximate surface area is 183 Å². The summed E-state index contributed by atoms with van der Waals surface area (Å²) in [5.41, 5.74) is 2.18. The maximum atomic E-state index is 12.4. The number of carbonyl (C=O) groups excluding carboxylic acids is 1. The molecule has 0 aliphatic carbocycles. The zero-order valence-electron chi connectivity index (χ0n) is 16.5. The summed E-state index contributed by atoms with van der Waals surface area (Å²) in [4.78, 5) is 18.9. The molecule has 152 valence electrons. The Morgan fingerprint density at radius 2 is 2.11 bits per heavy atom. The van der Waals surface area contributed by atoms with Crippen molar-refractivity contribution in [1.82, 2.24) is 20.4 Å². The molecular formula is C20H29IN6O. The highest BCUT2D eigenvalue weighted by Crippen LogP contribution is 2.20. The molecule has 1 atom stereocenters. The van der Waals surface area contributed by atoms with Crippen LogP contribution >= 0.6 is 24.0 Å². The molecule has 0 saturated carbocycles. The molecule has 7 nitrogen and oxygen atoms in total. The first-order valence-corrected chi connectivity index (χ1v) is 9.53. The van der Waals surface area contributed by atoms with Crippen LogP contribution in [0.1, 0.15) is 25.3 Å². The number of para-hydroxylation sites is 1. The van der Waals surface area contributed by atoms with Crippen LogP contribution in [0.15, 0.2) is 47.7 Å². The van der Waals surface area contributed by atoms with Crippen molar-refractivity contribution >= 4 is 41.5 Å². The predicted octanol–water partition coefficient (Wildman–Crippen LogP) is 2.33. The first-order chi connectivity index (χ1) is 13.2. The number of nitrogens with zero attached hydrogens (tertiary/aromatic N) is 4. The number of halogens is 1. The molecule has 0 bridgehead atoms. The second-order valence-electron chi connectivity index (χ2n) is 6.77. The monoisotopic (exact) mass is 496 g/mol. The van der Waals surface area contributed by atoms with Crippen LogP contribution in [0.25, 0.3) is 0 Å². The van der Waals surface area contributed by atoms with E-state index in [1.54, 1.807) is 0 Å². The highest BCUT2D eigenvalue weighted by atomic mass is 127. The second-order valence-corrected chi connectivity index (χ2v) is 6.77. The van der Waals surface area contributed by atoms with Gasteiger partial charge in [-0.1, -0.05) is 18.2 Å². The molecule has 1 amide bonds. The largest absolute Gasteiger partial charge is 0.357 e. The fraction of sp³-hybridized carbons (Fsp3) is 0.450. The van der Waals surface area contributed by atoms with E-state index in [1.165, 1.54) is 5.56 Å².